The van der Waals surface area contributed by atoms with Crippen molar-refractivity contribution in [1.29, 1.82) is 0 Å². The topological polar surface area (TPSA) is 59.9 Å². The minimum atomic E-state index is -4.73. The van der Waals surface area contributed by atoms with E-state index in [2.05, 4.69) is 15.3 Å². The molecule has 0 aliphatic rings. The summed E-state index contributed by atoms with van der Waals surface area (Å²) in [5.41, 5.74) is 5.31. The van der Waals surface area contributed by atoms with Crippen LogP contribution >= 0.6 is 11.3 Å². The van der Waals surface area contributed by atoms with Gasteiger partial charge in [0.2, 0.25) is 0 Å². The van der Waals surface area contributed by atoms with Crippen molar-refractivity contribution in [2.75, 3.05) is 12.5 Å². The smallest absolute Gasteiger partial charge is 0.465 e. The van der Waals surface area contributed by atoms with E-state index < -0.39 is 12.3 Å². The van der Waals surface area contributed by atoms with Gasteiger partial charge in [-0.2, -0.15) is 5.10 Å². The number of aryl methyl sites for hydroxylation is 1. The molecule has 9 heteroatoms. The van der Waals surface area contributed by atoms with Gasteiger partial charge in [-0.15, -0.1) is 24.5 Å². The number of halogens is 3. The third-order valence-electron chi connectivity index (χ3n) is 3.19. The highest BCUT2D eigenvalue weighted by Gasteiger charge is 2.30. The average molecular weight is 372 g/mol. The molecular formula is C16H15F3N2O3S. The van der Waals surface area contributed by atoms with Crippen LogP contribution in [-0.2, 0) is 4.74 Å². The summed E-state index contributed by atoms with van der Waals surface area (Å²) in [5, 5.41) is 5.98. The largest absolute Gasteiger partial charge is 0.573 e. The molecule has 25 heavy (non-hydrogen) atoms. The highest BCUT2D eigenvalue weighted by molar-refractivity contribution is 7.12. The molecular weight excluding hydrogens is 357 g/mol. The van der Waals surface area contributed by atoms with E-state index in [1.54, 1.807) is 12.3 Å². The van der Waals surface area contributed by atoms with E-state index >= 15 is 0 Å². The van der Waals surface area contributed by atoms with Gasteiger partial charge < -0.3 is 9.47 Å². The SMILES string of the molecule is COC(=O)c1scc(C)c1NN=C(C)c1ccc(OC(F)(F)F)cc1. The van der Waals surface area contributed by atoms with Gasteiger partial charge in [0.1, 0.15) is 10.6 Å². The van der Waals surface area contributed by atoms with E-state index in [-0.39, 0.29) is 5.75 Å². The van der Waals surface area contributed by atoms with Crippen LogP contribution in [0.25, 0.3) is 0 Å². The molecule has 0 saturated carbocycles. The quantitative estimate of drug-likeness (QED) is 0.474. The van der Waals surface area contributed by atoms with Gasteiger partial charge >= 0.3 is 12.3 Å². The number of carbonyl (C=O) groups is 1. The van der Waals surface area contributed by atoms with Crippen LogP contribution in [0, 0.1) is 6.92 Å². The third kappa shape index (κ3) is 4.96. The number of anilines is 1. The Balaban J connectivity index is 2.15. The van der Waals surface area contributed by atoms with Crippen LogP contribution in [0.1, 0.15) is 27.7 Å². The van der Waals surface area contributed by atoms with Gasteiger partial charge in [-0.3, -0.25) is 5.43 Å². The highest BCUT2D eigenvalue weighted by atomic mass is 32.1. The fourth-order valence-electron chi connectivity index (χ4n) is 1.93. The van der Waals surface area contributed by atoms with Gasteiger partial charge in [-0.25, -0.2) is 4.79 Å². The molecule has 0 fully saturated rings. The number of rotatable bonds is 5. The Morgan fingerprint density at radius 3 is 2.44 bits per heavy atom. The first kappa shape index (κ1) is 18.8. The number of hydrogen-bond donors (Lipinski definition) is 1. The van der Waals surface area contributed by atoms with E-state index in [0.29, 0.717) is 21.8 Å². The van der Waals surface area contributed by atoms with E-state index in [4.69, 9.17) is 4.74 Å². The Bertz CT molecular complexity index is 783. The van der Waals surface area contributed by atoms with Crippen molar-refractivity contribution < 1.29 is 27.4 Å². The molecule has 0 amide bonds. The van der Waals surface area contributed by atoms with Crippen LogP contribution in [0.5, 0.6) is 5.75 Å². The second-order valence-corrected chi connectivity index (χ2v) is 5.88. The summed E-state index contributed by atoms with van der Waals surface area (Å²) in [4.78, 5) is 12.1. The van der Waals surface area contributed by atoms with Crippen molar-refractivity contribution in [2.45, 2.75) is 20.2 Å². The summed E-state index contributed by atoms with van der Waals surface area (Å²) in [7, 11) is 1.29. The molecule has 0 unspecified atom stereocenters. The van der Waals surface area contributed by atoms with Gasteiger partial charge in [0.15, 0.2) is 0 Å². The van der Waals surface area contributed by atoms with Gasteiger partial charge in [0, 0.05) is 0 Å². The van der Waals surface area contributed by atoms with Gasteiger partial charge in [0.25, 0.3) is 0 Å². The zero-order valence-corrected chi connectivity index (χ0v) is 14.4. The number of thiophene rings is 1. The first-order valence-electron chi connectivity index (χ1n) is 7.04. The van der Waals surface area contributed by atoms with Gasteiger partial charge in [-0.1, -0.05) is 0 Å². The van der Waals surface area contributed by atoms with E-state index in [1.165, 1.54) is 42.7 Å². The second kappa shape index (κ2) is 7.56. The molecule has 0 atom stereocenters. The number of hydrogen-bond acceptors (Lipinski definition) is 6. The number of ether oxygens (including phenoxy) is 2. The maximum Gasteiger partial charge on any atom is 0.573 e. The number of esters is 1. The minimum absolute atomic E-state index is 0.307. The van der Waals surface area contributed by atoms with Crippen LogP contribution in [0.2, 0.25) is 0 Å². The number of nitrogens with zero attached hydrogens (tertiary/aromatic N) is 1. The molecule has 134 valence electrons. The predicted octanol–water partition coefficient (Wildman–Crippen LogP) is 4.58. The summed E-state index contributed by atoms with van der Waals surface area (Å²) in [6.45, 7) is 3.51. The molecule has 0 saturated heterocycles. The summed E-state index contributed by atoms with van der Waals surface area (Å²) in [5.74, 6) is -0.777. The van der Waals surface area contributed by atoms with Crippen molar-refractivity contribution in [3.05, 3.63) is 45.6 Å². The van der Waals surface area contributed by atoms with Crippen LogP contribution in [-0.4, -0.2) is 25.2 Å². The third-order valence-corrected chi connectivity index (χ3v) is 4.26. The molecule has 0 aliphatic carbocycles. The maximum absolute atomic E-state index is 12.2. The lowest BCUT2D eigenvalue weighted by atomic mass is 10.1. The van der Waals surface area contributed by atoms with Gasteiger partial charge in [0.05, 0.1) is 18.5 Å². The molecule has 0 spiro atoms. The number of nitrogens with one attached hydrogen (secondary N) is 1. The predicted molar refractivity (Wildman–Crippen MR) is 89.4 cm³/mol. The Hall–Kier alpha value is -2.55. The Morgan fingerprint density at radius 2 is 1.88 bits per heavy atom. The number of carbonyl (C=O) groups excluding carboxylic acids is 1. The second-order valence-electron chi connectivity index (χ2n) is 5.00. The normalized spacial score (nSPS) is 12.0. The van der Waals surface area contributed by atoms with Crippen LogP contribution < -0.4 is 10.2 Å². The fraction of sp³-hybridized carbons (Fsp3) is 0.250. The van der Waals surface area contributed by atoms with Crippen molar-refractivity contribution in [3.63, 3.8) is 0 Å². The van der Waals surface area contributed by atoms with Crippen molar-refractivity contribution in [3.8, 4) is 5.75 Å². The summed E-state index contributed by atoms with van der Waals surface area (Å²) in [6.07, 6.45) is -4.73. The van der Waals surface area contributed by atoms with Crippen molar-refractivity contribution in [1.82, 2.24) is 0 Å². The lowest BCUT2D eigenvalue weighted by Crippen LogP contribution is -2.17. The summed E-state index contributed by atoms with van der Waals surface area (Å²) < 4.78 is 45.0. The lowest BCUT2D eigenvalue weighted by molar-refractivity contribution is -0.274. The molecule has 1 aromatic carbocycles. The zero-order valence-electron chi connectivity index (χ0n) is 13.6. The molecule has 2 rings (SSSR count). The van der Waals surface area contributed by atoms with E-state index in [1.807, 2.05) is 6.92 Å². The Morgan fingerprint density at radius 1 is 1.24 bits per heavy atom. The van der Waals surface area contributed by atoms with Crippen molar-refractivity contribution in [2.24, 2.45) is 5.10 Å². The molecule has 2 aromatic rings. The van der Waals surface area contributed by atoms with Gasteiger partial charge in [-0.05, 0) is 54.6 Å². The Labute approximate surface area is 146 Å². The van der Waals surface area contributed by atoms with Crippen LogP contribution in [0.4, 0.5) is 18.9 Å². The number of alkyl halides is 3. The van der Waals surface area contributed by atoms with E-state index in [9.17, 15) is 18.0 Å². The number of hydrazone groups is 1. The number of benzene rings is 1. The fourth-order valence-corrected chi connectivity index (χ4v) is 2.84. The highest BCUT2D eigenvalue weighted by Crippen LogP contribution is 2.28. The monoisotopic (exact) mass is 372 g/mol. The first-order valence-corrected chi connectivity index (χ1v) is 7.92. The molecule has 1 aromatic heterocycles. The van der Waals surface area contributed by atoms with Crippen LogP contribution in [0.3, 0.4) is 0 Å². The Kier molecular flexibility index (Phi) is 5.68. The number of methoxy groups -OCH3 is 1. The van der Waals surface area contributed by atoms with E-state index in [0.717, 1.165) is 5.56 Å². The molecule has 1 heterocycles. The molecule has 0 bridgehead atoms. The van der Waals surface area contributed by atoms with Crippen molar-refractivity contribution >= 4 is 28.7 Å². The zero-order chi connectivity index (χ0) is 18.6. The average Bonchev–Trinajstić information content (AvgIpc) is 2.92. The molecule has 5 nitrogen and oxygen atoms in total. The summed E-state index contributed by atoms with van der Waals surface area (Å²) >= 11 is 1.23. The molecule has 0 aliphatic heterocycles. The molecule has 0 radical (unpaired) electrons. The lowest BCUT2D eigenvalue weighted by Gasteiger charge is -2.09. The first-order chi connectivity index (χ1) is 11.7. The molecule has 1 N–H and O–H groups in total. The van der Waals surface area contributed by atoms with Crippen LogP contribution in [0.15, 0.2) is 34.7 Å². The standard InChI is InChI=1S/C16H15F3N2O3S/c1-9-8-25-14(15(22)23-3)13(9)21-20-10(2)11-4-6-12(7-5-11)24-16(17,18)19/h4-8,21H,1-3H3. The minimum Gasteiger partial charge on any atom is -0.465 e. The maximum atomic E-state index is 12.2. The summed E-state index contributed by atoms with van der Waals surface area (Å²) in [6, 6.07) is 5.34.